The van der Waals surface area contributed by atoms with E-state index < -0.39 is 0 Å². The van der Waals surface area contributed by atoms with Crippen LogP contribution in [0.25, 0.3) is 0 Å². The summed E-state index contributed by atoms with van der Waals surface area (Å²) in [7, 11) is 0. The molecule has 3 heteroatoms. The fourth-order valence-electron chi connectivity index (χ4n) is 2.64. The number of nitrogens with one attached hydrogen (secondary N) is 1. The molecule has 0 amide bonds. The number of rotatable bonds is 5. The van der Waals surface area contributed by atoms with Crippen LogP contribution in [-0.4, -0.2) is 19.2 Å². The lowest BCUT2D eigenvalue weighted by molar-refractivity contribution is 0.277. The normalized spacial score (nSPS) is 17.9. The van der Waals surface area contributed by atoms with E-state index in [1.165, 1.54) is 27.5 Å². The zero-order valence-electron chi connectivity index (χ0n) is 12.0. The monoisotopic (exact) mass is 393 g/mol. The standard InChI is InChI=1S/C18H20INO/c19-16-7-3-14(4-8-16)12-15-5-9-18(10-6-15)21-13-17-2-1-11-20-17/h3-10,17,20H,1-2,11-13H2/t17-/m1/s1. The first kappa shape index (κ1) is 14.9. The highest BCUT2D eigenvalue weighted by molar-refractivity contribution is 14.1. The zero-order chi connectivity index (χ0) is 14.5. The molecule has 1 aliphatic rings. The number of benzene rings is 2. The molecule has 3 rings (SSSR count). The molecule has 0 aliphatic carbocycles. The first-order valence-corrected chi connectivity index (χ1v) is 8.57. The molecule has 2 nitrogen and oxygen atoms in total. The molecule has 1 heterocycles. The van der Waals surface area contributed by atoms with Crippen LogP contribution in [-0.2, 0) is 6.42 Å². The van der Waals surface area contributed by atoms with Gasteiger partial charge < -0.3 is 10.1 Å². The molecule has 0 spiro atoms. The van der Waals surface area contributed by atoms with Crippen LogP contribution in [0.1, 0.15) is 24.0 Å². The summed E-state index contributed by atoms with van der Waals surface area (Å²) < 4.78 is 7.13. The zero-order valence-corrected chi connectivity index (χ0v) is 14.2. The van der Waals surface area contributed by atoms with E-state index in [0.717, 1.165) is 25.3 Å². The van der Waals surface area contributed by atoms with E-state index in [4.69, 9.17) is 4.74 Å². The van der Waals surface area contributed by atoms with Crippen molar-refractivity contribution in [3.63, 3.8) is 0 Å². The molecule has 21 heavy (non-hydrogen) atoms. The SMILES string of the molecule is Ic1ccc(Cc2ccc(OC[C@H]3CCCN3)cc2)cc1. The van der Waals surface area contributed by atoms with Crippen LogP contribution in [0.2, 0.25) is 0 Å². The molecule has 110 valence electrons. The van der Waals surface area contributed by atoms with Crippen LogP contribution in [0.4, 0.5) is 0 Å². The minimum atomic E-state index is 0.525. The molecule has 2 aromatic carbocycles. The Labute approximate surface area is 140 Å². The molecule has 1 N–H and O–H groups in total. The summed E-state index contributed by atoms with van der Waals surface area (Å²) in [6.45, 7) is 1.90. The van der Waals surface area contributed by atoms with Crippen molar-refractivity contribution in [2.75, 3.05) is 13.2 Å². The smallest absolute Gasteiger partial charge is 0.119 e. The average Bonchev–Trinajstić information content (AvgIpc) is 3.02. The van der Waals surface area contributed by atoms with E-state index in [0.29, 0.717) is 6.04 Å². The predicted molar refractivity (Wildman–Crippen MR) is 94.9 cm³/mol. The maximum absolute atomic E-state index is 5.85. The maximum atomic E-state index is 5.85. The summed E-state index contributed by atoms with van der Waals surface area (Å²) >= 11 is 2.34. The van der Waals surface area contributed by atoms with Crippen molar-refractivity contribution in [3.05, 3.63) is 63.2 Å². The van der Waals surface area contributed by atoms with Crippen LogP contribution in [0.3, 0.4) is 0 Å². The first-order chi connectivity index (χ1) is 10.3. The first-order valence-electron chi connectivity index (χ1n) is 7.49. The largest absolute Gasteiger partial charge is 0.492 e. The van der Waals surface area contributed by atoms with Crippen molar-refractivity contribution in [1.29, 1.82) is 0 Å². The Bertz CT molecular complexity index is 559. The number of hydrogen-bond donors (Lipinski definition) is 1. The van der Waals surface area contributed by atoms with Crippen LogP contribution in [0, 0.1) is 3.57 Å². The van der Waals surface area contributed by atoms with E-state index in [1.54, 1.807) is 0 Å². The quantitative estimate of drug-likeness (QED) is 0.776. The molecule has 1 saturated heterocycles. The topological polar surface area (TPSA) is 21.3 Å². The predicted octanol–water partition coefficient (Wildman–Crippen LogP) is 4.01. The highest BCUT2D eigenvalue weighted by Gasteiger charge is 2.14. The summed E-state index contributed by atoms with van der Waals surface area (Å²) in [5, 5.41) is 3.45. The second kappa shape index (κ2) is 7.27. The van der Waals surface area contributed by atoms with Gasteiger partial charge >= 0.3 is 0 Å². The highest BCUT2D eigenvalue weighted by atomic mass is 127. The second-order valence-corrected chi connectivity index (χ2v) is 6.80. The minimum Gasteiger partial charge on any atom is -0.492 e. The molecule has 0 aromatic heterocycles. The van der Waals surface area contributed by atoms with Gasteiger partial charge in [0.15, 0.2) is 0 Å². The van der Waals surface area contributed by atoms with Gasteiger partial charge in [-0.25, -0.2) is 0 Å². The molecule has 0 radical (unpaired) electrons. The van der Waals surface area contributed by atoms with Gasteiger partial charge in [-0.2, -0.15) is 0 Å². The molecular weight excluding hydrogens is 373 g/mol. The molecule has 1 fully saturated rings. The van der Waals surface area contributed by atoms with E-state index in [9.17, 15) is 0 Å². The minimum absolute atomic E-state index is 0.525. The summed E-state index contributed by atoms with van der Waals surface area (Å²) in [4.78, 5) is 0. The van der Waals surface area contributed by atoms with Crippen molar-refractivity contribution >= 4 is 22.6 Å². The number of ether oxygens (including phenoxy) is 1. The van der Waals surface area contributed by atoms with E-state index >= 15 is 0 Å². The van der Waals surface area contributed by atoms with Gasteiger partial charge in [-0.15, -0.1) is 0 Å². The van der Waals surface area contributed by atoms with Gasteiger partial charge in [0.25, 0.3) is 0 Å². The second-order valence-electron chi connectivity index (χ2n) is 5.55. The van der Waals surface area contributed by atoms with Gasteiger partial charge in [0.1, 0.15) is 12.4 Å². The Morgan fingerprint density at radius 1 is 1.00 bits per heavy atom. The van der Waals surface area contributed by atoms with E-state index in [-0.39, 0.29) is 0 Å². The molecule has 1 aliphatic heterocycles. The molecule has 1 atom stereocenters. The molecule has 0 bridgehead atoms. The van der Waals surface area contributed by atoms with Gasteiger partial charge in [0, 0.05) is 9.61 Å². The number of halogens is 1. The van der Waals surface area contributed by atoms with E-state index in [2.05, 4.69) is 76.4 Å². The van der Waals surface area contributed by atoms with Crippen LogP contribution in [0.15, 0.2) is 48.5 Å². The molecular formula is C18H20INO. The van der Waals surface area contributed by atoms with Crippen LogP contribution < -0.4 is 10.1 Å². The third-order valence-electron chi connectivity index (χ3n) is 3.86. The highest BCUT2D eigenvalue weighted by Crippen LogP contribution is 2.17. The van der Waals surface area contributed by atoms with Gasteiger partial charge in [0.05, 0.1) is 0 Å². The van der Waals surface area contributed by atoms with Crippen molar-refractivity contribution in [2.24, 2.45) is 0 Å². The van der Waals surface area contributed by atoms with Crippen LogP contribution in [0.5, 0.6) is 5.75 Å². The lowest BCUT2D eigenvalue weighted by atomic mass is 10.1. The van der Waals surface area contributed by atoms with Gasteiger partial charge in [-0.1, -0.05) is 24.3 Å². The lowest BCUT2D eigenvalue weighted by Crippen LogP contribution is -2.28. The van der Waals surface area contributed by atoms with Crippen molar-refractivity contribution in [2.45, 2.75) is 25.3 Å². The fourth-order valence-corrected chi connectivity index (χ4v) is 3.00. The Balaban J connectivity index is 1.54. The molecule has 0 unspecified atom stereocenters. The molecule has 0 saturated carbocycles. The summed E-state index contributed by atoms with van der Waals surface area (Å²) in [5.74, 6) is 0.968. The Morgan fingerprint density at radius 3 is 2.29 bits per heavy atom. The average molecular weight is 393 g/mol. The van der Waals surface area contributed by atoms with Crippen molar-refractivity contribution < 1.29 is 4.74 Å². The Hall–Kier alpha value is -1.07. The Morgan fingerprint density at radius 2 is 1.67 bits per heavy atom. The maximum Gasteiger partial charge on any atom is 0.119 e. The van der Waals surface area contributed by atoms with Crippen LogP contribution >= 0.6 is 22.6 Å². The third kappa shape index (κ3) is 4.45. The summed E-state index contributed by atoms with van der Waals surface area (Å²) in [6.07, 6.45) is 3.47. The number of hydrogen-bond acceptors (Lipinski definition) is 2. The summed E-state index contributed by atoms with van der Waals surface area (Å²) in [6, 6.07) is 17.7. The van der Waals surface area contributed by atoms with Gasteiger partial charge in [-0.05, 0) is 83.8 Å². The van der Waals surface area contributed by atoms with Gasteiger partial charge in [-0.3, -0.25) is 0 Å². The van der Waals surface area contributed by atoms with Gasteiger partial charge in [0.2, 0.25) is 0 Å². The molecule has 2 aromatic rings. The van der Waals surface area contributed by atoms with Crippen molar-refractivity contribution in [3.8, 4) is 5.75 Å². The fraction of sp³-hybridized carbons (Fsp3) is 0.333. The Kier molecular flexibility index (Phi) is 5.14. The van der Waals surface area contributed by atoms with Crippen molar-refractivity contribution in [1.82, 2.24) is 5.32 Å². The van der Waals surface area contributed by atoms with E-state index in [1.807, 2.05) is 0 Å². The third-order valence-corrected chi connectivity index (χ3v) is 4.58. The lowest BCUT2D eigenvalue weighted by Gasteiger charge is -2.12. The summed E-state index contributed by atoms with van der Waals surface area (Å²) in [5.41, 5.74) is 2.67.